The van der Waals surface area contributed by atoms with Crippen LogP contribution in [0, 0.1) is 0 Å². The number of nitrogens with one attached hydrogen (secondary N) is 3. The van der Waals surface area contributed by atoms with Gasteiger partial charge in [0.2, 0.25) is 0 Å². The highest BCUT2D eigenvalue weighted by Crippen LogP contribution is 2.35. The van der Waals surface area contributed by atoms with Gasteiger partial charge in [-0.2, -0.15) is 26.3 Å². The van der Waals surface area contributed by atoms with Gasteiger partial charge in [0.15, 0.2) is 5.82 Å². The number of H-pyrrole nitrogens is 1. The molecule has 0 spiro atoms. The third-order valence-corrected chi connectivity index (χ3v) is 5.44. The topological polar surface area (TPSA) is 82.7 Å². The van der Waals surface area contributed by atoms with E-state index in [0.29, 0.717) is 43.3 Å². The fourth-order valence-electron chi connectivity index (χ4n) is 3.84. The molecule has 12 heteroatoms. The van der Waals surface area contributed by atoms with Crippen molar-refractivity contribution in [3.05, 3.63) is 53.6 Å². The highest BCUT2D eigenvalue weighted by Gasteiger charge is 2.39. The van der Waals surface area contributed by atoms with Crippen LogP contribution < -0.4 is 10.6 Å². The standard InChI is InChI=1S/C21H19F6N5O/c22-20(23,24)16-9-13(10-17(32-16)21(25,26)27)28-11-5-7-12(8-6-11)29-19(33)18-30-14-3-1-2-4-15(14)31-18/h1-4,9-12H,5-8H2,(H,28,32)(H,29,33)(H,30,31). The van der Waals surface area contributed by atoms with Gasteiger partial charge in [-0.25, -0.2) is 9.97 Å². The number of pyridine rings is 1. The summed E-state index contributed by atoms with van der Waals surface area (Å²) in [7, 11) is 0. The molecule has 1 fully saturated rings. The van der Waals surface area contributed by atoms with Crippen molar-refractivity contribution in [1.29, 1.82) is 0 Å². The maximum Gasteiger partial charge on any atom is 0.433 e. The largest absolute Gasteiger partial charge is 0.433 e. The fraction of sp³-hybridized carbons (Fsp3) is 0.381. The molecular formula is C21H19F6N5O. The van der Waals surface area contributed by atoms with Crippen LogP contribution in [0.2, 0.25) is 0 Å². The second-order valence-electron chi connectivity index (χ2n) is 7.89. The van der Waals surface area contributed by atoms with E-state index in [1.807, 2.05) is 6.07 Å². The zero-order chi connectivity index (χ0) is 23.8. The lowest BCUT2D eigenvalue weighted by Crippen LogP contribution is -2.40. The van der Waals surface area contributed by atoms with Gasteiger partial charge < -0.3 is 15.6 Å². The van der Waals surface area contributed by atoms with Crippen LogP contribution in [-0.4, -0.2) is 32.9 Å². The Labute approximate surface area is 183 Å². The van der Waals surface area contributed by atoms with E-state index in [2.05, 4.69) is 25.6 Å². The van der Waals surface area contributed by atoms with Crippen LogP contribution in [0.25, 0.3) is 11.0 Å². The third-order valence-electron chi connectivity index (χ3n) is 5.44. The molecule has 0 bridgehead atoms. The molecule has 1 aliphatic rings. The van der Waals surface area contributed by atoms with Gasteiger partial charge in [0.05, 0.1) is 11.0 Å². The fourth-order valence-corrected chi connectivity index (χ4v) is 3.84. The van der Waals surface area contributed by atoms with Crippen LogP contribution in [-0.2, 0) is 12.4 Å². The van der Waals surface area contributed by atoms with Crippen LogP contribution in [0.3, 0.4) is 0 Å². The number of alkyl halides is 6. The van der Waals surface area contributed by atoms with Crippen LogP contribution in [0.15, 0.2) is 36.4 Å². The summed E-state index contributed by atoms with van der Waals surface area (Å²) in [5.74, 6) is -0.200. The monoisotopic (exact) mass is 471 g/mol. The van der Waals surface area contributed by atoms with E-state index in [0.717, 1.165) is 5.52 Å². The molecule has 176 valence electrons. The van der Waals surface area contributed by atoms with Crippen molar-refractivity contribution < 1.29 is 31.1 Å². The predicted molar refractivity (Wildman–Crippen MR) is 107 cm³/mol. The van der Waals surface area contributed by atoms with Crippen molar-refractivity contribution >= 4 is 22.6 Å². The molecule has 3 N–H and O–H groups in total. The number of carbonyl (C=O) groups is 1. The van der Waals surface area contributed by atoms with E-state index in [4.69, 9.17) is 0 Å². The van der Waals surface area contributed by atoms with Gasteiger partial charge in [-0.1, -0.05) is 12.1 Å². The summed E-state index contributed by atoms with van der Waals surface area (Å²) < 4.78 is 77.9. The predicted octanol–water partition coefficient (Wildman–Crippen LogP) is 5.15. The Morgan fingerprint density at radius 2 is 1.45 bits per heavy atom. The lowest BCUT2D eigenvalue weighted by atomic mass is 9.91. The molecule has 2 aromatic heterocycles. The number of nitrogens with zero attached hydrogens (tertiary/aromatic N) is 2. The Bertz CT molecular complexity index is 1080. The maximum absolute atomic E-state index is 13.0. The number of aromatic amines is 1. The number of imidazole rings is 1. The Morgan fingerprint density at radius 1 is 0.879 bits per heavy atom. The van der Waals surface area contributed by atoms with Gasteiger partial charge in [0.1, 0.15) is 11.4 Å². The van der Waals surface area contributed by atoms with Crippen molar-refractivity contribution in [3.8, 4) is 0 Å². The van der Waals surface area contributed by atoms with E-state index in [-0.39, 0.29) is 29.5 Å². The summed E-state index contributed by atoms with van der Waals surface area (Å²) in [4.78, 5) is 22.4. The molecule has 4 rings (SSSR count). The van der Waals surface area contributed by atoms with Crippen LogP contribution in [0.4, 0.5) is 32.0 Å². The molecule has 6 nitrogen and oxygen atoms in total. The Morgan fingerprint density at radius 3 is 2.03 bits per heavy atom. The maximum atomic E-state index is 13.0. The molecule has 1 saturated carbocycles. The minimum absolute atomic E-state index is 0.174. The molecule has 1 amide bonds. The summed E-state index contributed by atoms with van der Waals surface area (Å²) in [5, 5.41) is 5.63. The molecule has 3 aromatic rings. The second-order valence-corrected chi connectivity index (χ2v) is 7.89. The molecule has 1 aliphatic carbocycles. The van der Waals surface area contributed by atoms with Crippen LogP contribution in [0.5, 0.6) is 0 Å². The first kappa shape index (κ1) is 22.9. The lowest BCUT2D eigenvalue weighted by Gasteiger charge is -2.30. The molecule has 0 aliphatic heterocycles. The first-order valence-electron chi connectivity index (χ1n) is 10.2. The summed E-state index contributed by atoms with van der Waals surface area (Å²) >= 11 is 0. The van der Waals surface area contributed by atoms with E-state index in [1.54, 1.807) is 18.2 Å². The number of fused-ring (bicyclic) bond motifs is 1. The van der Waals surface area contributed by atoms with Crippen molar-refractivity contribution in [1.82, 2.24) is 20.3 Å². The number of carbonyl (C=O) groups excluding carboxylic acids is 1. The third kappa shape index (κ3) is 5.37. The minimum atomic E-state index is -5.00. The Kier molecular flexibility index (Phi) is 5.93. The van der Waals surface area contributed by atoms with E-state index in [1.165, 1.54) is 0 Å². The van der Waals surface area contributed by atoms with Crippen molar-refractivity contribution in [2.24, 2.45) is 0 Å². The van der Waals surface area contributed by atoms with Gasteiger partial charge >= 0.3 is 12.4 Å². The smallest absolute Gasteiger partial charge is 0.382 e. The number of halogens is 6. The summed E-state index contributed by atoms with van der Waals surface area (Å²) in [6, 6.07) is 7.81. The Hall–Kier alpha value is -3.31. The van der Waals surface area contributed by atoms with Crippen LogP contribution in [0.1, 0.15) is 47.7 Å². The van der Waals surface area contributed by atoms with Gasteiger partial charge in [0, 0.05) is 17.8 Å². The number of anilines is 1. The highest BCUT2D eigenvalue weighted by molar-refractivity contribution is 5.94. The average Bonchev–Trinajstić information content (AvgIpc) is 3.18. The number of rotatable bonds is 4. The van der Waals surface area contributed by atoms with Gasteiger partial charge in [-0.05, 0) is 49.9 Å². The van der Waals surface area contributed by atoms with Crippen LogP contribution >= 0.6 is 0 Å². The molecule has 0 unspecified atom stereocenters. The lowest BCUT2D eigenvalue weighted by molar-refractivity contribution is -0.150. The quantitative estimate of drug-likeness (QED) is 0.460. The molecule has 0 atom stereocenters. The number of hydrogen-bond acceptors (Lipinski definition) is 4. The average molecular weight is 471 g/mol. The zero-order valence-corrected chi connectivity index (χ0v) is 17.0. The van der Waals surface area contributed by atoms with Crippen molar-refractivity contribution in [3.63, 3.8) is 0 Å². The molecule has 2 heterocycles. The first-order valence-corrected chi connectivity index (χ1v) is 10.2. The number of benzene rings is 1. The number of para-hydroxylation sites is 2. The van der Waals surface area contributed by atoms with E-state index < -0.39 is 23.7 Å². The summed E-state index contributed by atoms with van der Waals surface area (Å²) in [5.41, 5.74) is -2.12. The van der Waals surface area contributed by atoms with E-state index in [9.17, 15) is 31.1 Å². The second kappa shape index (κ2) is 8.56. The van der Waals surface area contributed by atoms with Gasteiger partial charge in [0.25, 0.3) is 5.91 Å². The molecule has 33 heavy (non-hydrogen) atoms. The SMILES string of the molecule is O=C(NC1CCC(Nc2cc(C(F)(F)F)nc(C(F)(F)F)c2)CC1)c1nc2ccccc2[nH]1. The number of amides is 1. The molecule has 0 saturated heterocycles. The highest BCUT2D eigenvalue weighted by atomic mass is 19.4. The van der Waals surface area contributed by atoms with E-state index >= 15 is 0 Å². The van der Waals surface area contributed by atoms with Crippen molar-refractivity contribution in [2.75, 3.05) is 5.32 Å². The molecule has 1 aromatic carbocycles. The first-order chi connectivity index (χ1) is 15.5. The Balaban J connectivity index is 1.37. The zero-order valence-electron chi connectivity index (χ0n) is 17.0. The molecular weight excluding hydrogens is 452 g/mol. The number of aromatic nitrogens is 3. The van der Waals surface area contributed by atoms with Gasteiger partial charge in [-0.15, -0.1) is 0 Å². The minimum Gasteiger partial charge on any atom is -0.382 e. The summed E-state index contributed by atoms with van der Waals surface area (Å²) in [6.45, 7) is 0. The van der Waals surface area contributed by atoms with Crippen molar-refractivity contribution in [2.45, 2.75) is 50.1 Å². The summed E-state index contributed by atoms with van der Waals surface area (Å²) in [6.07, 6.45) is -8.08. The van der Waals surface area contributed by atoms with Gasteiger partial charge in [-0.3, -0.25) is 4.79 Å². The normalized spacial score (nSPS) is 19.5. The number of hydrogen-bond donors (Lipinski definition) is 3. The molecule has 0 radical (unpaired) electrons.